The third-order valence-electron chi connectivity index (χ3n) is 8.94. The van der Waals surface area contributed by atoms with Gasteiger partial charge in [-0.2, -0.15) is 0 Å². The van der Waals surface area contributed by atoms with E-state index in [1.54, 1.807) is 0 Å². The van der Waals surface area contributed by atoms with Crippen LogP contribution >= 0.6 is 0 Å². The molecule has 0 amide bonds. The van der Waals surface area contributed by atoms with Crippen LogP contribution in [-0.2, 0) is 11.0 Å². The topological polar surface area (TPSA) is 39.9 Å². The minimum atomic E-state index is -0.186. The summed E-state index contributed by atoms with van der Waals surface area (Å²) >= 11 is 0. The zero-order chi connectivity index (χ0) is 27.9. The maximum absolute atomic E-state index is 6.08. The SMILES string of the molecule is CC1(C)c2cc(-c3ccc(-c4nc5cccc6c5n4C(C)(C)CO6)cc3)ccc2-c2ccc(-c3ccccn3)cc21. The van der Waals surface area contributed by atoms with Crippen molar-refractivity contribution in [3.63, 3.8) is 0 Å². The molecule has 0 radical (unpaired) electrons. The van der Waals surface area contributed by atoms with Gasteiger partial charge in [-0.1, -0.05) is 74.5 Å². The van der Waals surface area contributed by atoms with Crippen LogP contribution in [0.3, 0.4) is 0 Å². The Morgan fingerprint density at radius 3 is 2.10 bits per heavy atom. The molecule has 0 fully saturated rings. The normalized spacial score (nSPS) is 15.8. The molecule has 4 aromatic carbocycles. The Morgan fingerprint density at radius 2 is 1.37 bits per heavy atom. The molecule has 0 spiro atoms. The smallest absolute Gasteiger partial charge is 0.145 e. The van der Waals surface area contributed by atoms with E-state index in [2.05, 4.69) is 110 Å². The summed E-state index contributed by atoms with van der Waals surface area (Å²) in [6.45, 7) is 9.72. The third-order valence-corrected chi connectivity index (χ3v) is 8.94. The molecule has 0 atom stereocenters. The first kappa shape index (κ1) is 24.1. The molecule has 4 nitrogen and oxygen atoms in total. The number of hydrogen-bond acceptors (Lipinski definition) is 3. The standard InChI is InChI=1S/C37H31N3O/c1-36(2)22-41-33-10-7-9-32-34(33)40(36)35(39-32)24-13-11-23(12-14-24)25-15-17-27-28-18-16-26(31-8-5-6-19-38-31)21-30(28)37(3,4)29(27)20-25/h5-21H,22H2,1-4H3. The van der Waals surface area contributed by atoms with Crippen molar-refractivity contribution in [2.75, 3.05) is 6.61 Å². The van der Waals surface area contributed by atoms with Crippen molar-refractivity contribution in [1.82, 2.24) is 14.5 Å². The number of rotatable bonds is 3. The van der Waals surface area contributed by atoms with Crippen LogP contribution < -0.4 is 4.74 Å². The molecule has 0 bridgehead atoms. The number of imidazole rings is 1. The summed E-state index contributed by atoms with van der Waals surface area (Å²) in [5.74, 6) is 1.90. The molecular formula is C37H31N3O. The second-order valence-corrected chi connectivity index (χ2v) is 12.4. The highest BCUT2D eigenvalue weighted by Crippen LogP contribution is 2.50. The Labute approximate surface area is 240 Å². The zero-order valence-electron chi connectivity index (χ0n) is 23.8. The zero-order valence-corrected chi connectivity index (χ0v) is 23.8. The van der Waals surface area contributed by atoms with Crippen molar-refractivity contribution in [2.24, 2.45) is 0 Å². The minimum absolute atomic E-state index is 0.102. The van der Waals surface area contributed by atoms with Crippen LogP contribution in [0.2, 0.25) is 0 Å². The van der Waals surface area contributed by atoms with Gasteiger partial charge in [-0.15, -0.1) is 0 Å². The van der Waals surface area contributed by atoms with Crippen LogP contribution in [0.15, 0.2) is 103 Å². The largest absolute Gasteiger partial charge is 0.489 e. The van der Waals surface area contributed by atoms with Gasteiger partial charge in [-0.25, -0.2) is 4.98 Å². The summed E-state index contributed by atoms with van der Waals surface area (Å²) in [5.41, 5.74) is 12.8. The van der Waals surface area contributed by atoms with Crippen LogP contribution in [0, 0.1) is 0 Å². The first-order chi connectivity index (χ1) is 19.8. The van der Waals surface area contributed by atoms with Gasteiger partial charge in [-0.05, 0) is 83.6 Å². The summed E-state index contributed by atoms with van der Waals surface area (Å²) in [5, 5.41) is 0. The summed E-state index contributed by atoms with van der Waals surface area (Å²) in [4.78, 5) is 9.63. The molecule has 0 saturated carbocycles. The van der Waals surface area contributed by atoms with Gasteiger partial charge in [-0.3, -0.25) is 4.98 Å². The number of ether oxygens (including phenoxy) is 1. The molecule has 0 saturated heterocycles. The number of pyridine rings is 1. The average molecular weight is 534 g/mol. The summed E-state index contributed by atoms with van der Waals surface area (Å²) in [7, 11) is 0. The lowest BCUT2D eigenvalue weighted by atomic mass is 9.81. The van der Waals surface area contributed by atoms with Crippen LogP contribution in [0.5, 0.6) is 5.75 Å². The highest BCUT2D eigenvalue weighted by molar-refractivity contribution is 5.88. The second-order valence-electron chi connectivity index (χ2n) is 12.4. The molecule has 0 unspecified atom stereocenters. The second kappa shape index (κ2) is 8.40. The first-order valence-electron chi connectivity index (χ1n) is 14.3. The predicted molar refractivity (Wildman–Crippen MR) is 166 cm³/mol. The van der Waals surface area contributed by atoms with Crippen LogP contribution in [0.4, 0.5) is 0 Å². The molecule has 1 aliphatic heterocycles. The minimum Gasteiger partial charge on any atom is -0.489 e. The molecule has 0 N–H and O–H groups in total. The first-order valence-corrected chi connectivity index (χ1v) is 14.3. The van der Waals surface area contributed by atoms with E-state index in [0.29, 0.717) is 6.61 Å². The van der Waals surface area contributed by atoms with Gasteiger partial charge in [0.2, 0.25) is 0 Å². The maximum Gasteiger partial charge on any atom is 0.145 e. The van der Waals surface area contributed by atoms with Crippen molar-refractivity contribution in [3.05, 3.63) is 114 Å². The molecule has 2 aromatic heterocycles. The van der Waals surface area contributed by atoms with Crippen LogP contribution in [-0.4, -0.2) is 21.1 Å². The lowest BCUT2D eigenvalue weighted by molar-refractivity contribution is 0.173. The molecule has 200 valence electrons. The number of hydrogen-bond donors (Lipinski definition) is 0. The monoisotopic (exact) mass is 533 g/mol. The quantitative estimate of drug-likeness (QED) is 0.228. The molecule has 6 aromatic rings. The van der Waals surface area contributed by atoms with E-state index in [1.165, 1.54) is 33.4 Å². The summed E-state index contributed by atoms with van der Waals surface area (Å²) in [6.07, 6.45) is 1.86. The van der Waals surface area contributed by atoms with Gasteiger partial charge in [0.25, 0.3) is 0 Å². The summed E-state index contributed by atoms with van der Waals surface area (Å²) in [6, 6.07) is 34.8. The van der Waals surface area contributed by atoms with Crippen molar-refractivity contribution in [3.8, 4) is 50.6 Å². The number of aromatic nitrogens is 3. The van der Waals surface area contributed by atoms with Gasteiger partial charge >= 0.3 is 0 Å². The maximum atomic E-state index is 6.08. The van der Waals surface area contributed by atoms with Gasteiger partial charge < -0.3 is 9.30 Å². The Kier molecular flexibility index (Phi) is 4.94. The molecule has 3 heterocycles. The van der Waals surface area contributed by atoms with Gasteiger partial charge in [0, 0.05) is 22.7 Å². The average Bonchev–Trinajstić information content (AvgIpc) is 3.50. The van der Waals surface area contributed by atoms with E-state index in [9.17, 15) is 0 Å². The van der Waals surface area contributed by atoms with Crippen molar-refractivity contribution < 1.29 is 4.74 Å². The fourth-order valence-corrected chi connectivity index (χ4v) is 6.74. The fourth-order valence-electron chi connectivity index (χ4n) is 6.74. The van der Waals surface area contributed by atoms with E-state index in [1.807, 2.05) is 30.5 Å². The van der Waals surface area contributed by atoms with Crippen LogP contribution in [0.1, 0.15) is 38.8 Å². The predicted octanol–water partition coefficient (Wildman–Crippen LogP) is 8.87. The number of para-hydroxylation sites is 1. The van der Waals surface area contributed by atoms with Crippen molar-refractivity contribution >= 4 is 11.0 Å². The van der Waals surface area contributed by atoms with Crippen molar-refractivity contribution in [1.29, 1.82) is 0 Å². The van der Waals surface area contributed by atoms with Gasteiger partial charge in [0.15, 0.2) is 0 Å². The Morgan fingerprint density at radius 1 is 0.683 bits per heavy atom. The Hall–Kier alpha value is -4.70. The molecule has 4 heteroatoms. The molecular weight excluding hydrogens is 502 g/mol. The van der Waals surface area contributed by atoms with E-state index in [-0.39, 0.29) is 11.0 Å². The third kappa shape index (κ3) is 3.53. The number of nitrogens with zero attached hydrogens (tertiary/aromatic N) is 3. The Bertz CT molecular complexity index is 1980. The van der Waals surface area contributed by atoms with E-state index in [4.69, 9.17) is 9.72 Å². The van der Waals surface area contributed by atoms with Crippen LogP contribution in [0.25, 0.3) is 55.9 Å². The Balaban J connectivity index is 1.17. The summed E-state index contributed by atoms with van der Waals surface area (Å²) < 4.78 is 8.43. The number of benzene rings is 4. The molecule has 2 aliphatic rings. The molecule has 41 heavy (non-hydrogen) atoms. The van der Waals surface area contributed by atoms with Gasteiger partial charge in [0.1, 0.15) is 23.7 Å². The lowest BCUT2D eigenvalue weighted by Gasteiger charge is -2.33. The molecule has 8 rings (SSSR count). The molecule has 1 aliphatic carbocycles. The van der Waals surface area contributed by atoms with E-state index >= 15 is 0 Å². The lowest BCUT2D eigenvalue weighted by Crippen LogP contribution is -2.36. The number of fused-ring (bicyclic) bond motifs is 3. The van der Waals surface area contributed by atoms with E-state index < -0.39 is 0 Å². The highest BCUT2D eigenvalue weighted by Gasteiger charge is 2.36. The van der Waals surface area contributed by atoms with Crippen molar-refractivity contribution in [2.45, 2.75) is 38.6 Å². The van der Waals surface area contributed by atoms with E-state index in [0.717, 1.165) is 39.4 Å². The fraction of sp³-hybridized carbons (Fsp3) is 0.189. The highest BCUT2D eigenvalue weighted by atomic mass is 16.5. The van der Waals surface area contributed by atoms with Gasteiger partial charge in [0.05, 0.1) is 16.7 Å².